The summed E-state index contributed by atoms with van der Waals surface area (Å²) >= 11 is 0. The van der Waals surface area contributed by atoms with Crippen LogP contribution in [0.5, 0.6) is 5.75 Å². The zero-order chi connectivity index (χ0) is 13.7. The van der Waals surface area contributed by atoms with E-state index in [0.717, 1.165) is 17.0 Å². The number of ether oxygens (including phenoxy) is 1. The van der Waals surface area contributed by atoms with Gasteiger partial charge in [0.25, 0.3) is 0 Å². The van der Waals surface area contributed by atoms with Gasteiger partial charge in [-0.1, -0.05) is 24.3 Å². The van der Waals surface area contributed by atoms with Crippen molar-refractivity contribution in [2.24, 2.45) is 0 Å². The molecule has 0 amide bonds. The molecule has 0 aliphatic carbocycles. The first kappa shape index (κ1) is 13.0. The molecule has 2 rings (SSSR count). The first-order valence-corrected chi connectivity index (χ1v) is 6.11. The molecule has 0 bridgehead atoms. The van der Waals surface area contributed by atoms with Gasteiger partial charge in [-0.25, -0.2) is 4.85 Å². The van der Waals surface area contributed by atoms with E-state index >= 15 is 0 Å². The zero-order valence-corrected chi connectivity index (χ0v) is 11.1. The van der Waals surface area contributed by atoms with Crippen molar-refractivity contribution in [3.05, 3.63) is 65.5 Å². The van der Waals surface area contributed by atoms with Crippen molar-refractivity contribution in [2.45, 2.75) is 13.0 Å². The molecule has 0 aliphatic heterocycles. The molecule has 3 nitrogen and oxygen atoms in total. The number of hydrogen-bond donors (Lipinski definition) is 1. The SMILES string of the molecule is [C-]#[N+]c1ccc(C(C)Nc2ccc(OC)cc2)cc1. The number of nitrogens with zero attached hydrogens (tertiary/aromatic N) is 1. The first-order chi connectivity index (χ1) is 9.22. The highest BCUT2D eigenvalue weighted by Crippen LogP contribution is 2.23. The Balaban J connectivity index is 2.06. The molecule has 0 heterocycles. The Hall–Kier alpha value is -2.47. The zero-order valence-electron chi connectivity index (χ0n) is 11.1. The Morgan fingerprint density at radius 3 is 2.21 bits per heavy atom. The maximum Gasteiger partial charge on any atom is 0.187 e. The fraction of sp³-hybridized carbons (Fsp3) is 0.188. The van der Waals surface area contributed by atoms with Crippen LogP contribution in [-0.2, 0) is 0 Å². The monoisotopic (exact) mass is 252 g/mol. The Bertz CT molecular complexity index is 567. The number of methoxy groups -OCH3 is 1. The molecule has 96 valence electrons. The van der Waals surface area contributed by atoms with E-state index in [1.165, 1.54) is 0 Å². The van der Waals surface area contributed by atoms with Crippen LogP contribution >= 0.6 is 0 Å². The highest BCUT2D eigenvalue weighted by atomic mass is 16.5. The minimum atomic E-state index is 0.188. The van der Waals surface area contributed by atoms with E-state index in [2.05, 4.69) is 17.1 Å². The van der Waals surface area contributed by atoms with Gasteiger partial charge in [-0.15, -0.1) is 0 Å². The highest BCUT2D eigenvalue weighted by Gasteiger charge is 2.05. The van der Waals surface area contributed by atoms with Gasteiger partial charge < -0.3 is 10.1 Å². The third-order valence-electron chi connectivity index (χ3n) is 3.00. The summed E-state index contributed by atoms with van der Waals surface area (Å²) in [6.45, 7) is 9.03. The molecule has 1 atom stereocenters. The number of anilines is 1. The molecule has 0 spiro atoms. The minimum absolute atomic E-state index is 0.188. The van der Waals surface area contributed by atoms with Crippen LogP contribution in [0.25, 0.3) is 4.85 Å². The third kappa shape index (κ3) is 3.26. The lowest BCUT2D eigenvalue weighted by atomic mass is 10.1. The molecule has 19 heavy (non-hydrogen) atoms. The summed E-state index contributed by atoms with van der Waals surface area (Å²) in [6.07, 6.45) is 0. The summed E-state index contributed by atoms with van der Waals surface area (Å²) in [5.74, 6) is 0.847. The smallest absolute Gasteiger partial charge is 0.187 e. The number of rotatable bonds is 4. The molecule has 0 saturated heterocycles. The van der Waals surface area contributed by atoms with Gasteiger partial charge >= 0.3 is 0 Å². The Morgan fingerprint density at radius 2 is 1.68 bits per heavy atom. The fourth-order valence-electron chi connectivity index (χ4n) is 1.86. The van der Waals surface area contributed by atoms with Gasteiger partial charge in [0.15, 0.2) is 5.69 Å². The quantitative estimate of drug-likeness (QED) is 0.815. The van der Waals surface area contributed by atoms with Gasteiger partial charge in [-0.3, -0.25) is 0 Å². The molecular weight excluding hydrogens is 236 g/mol. The van der Waals surface area contributed by atoms with Gasteiger partial charge in [-0.05, 0) is 36.8 Å². The molecule has 2 aromatic rings. The van der Waals surface area contributed by atoms with Crippen molar-refractivity contribution in [3.8, 4) is 5.75 Å². The summed E-state index contributed by atoms with van der Waals surface area (Å²) in [7, 11) is 1.66. The van der Waals surface area contributed by atoms with Crippen LogP contribution in [0.4, 0.5) is 11.4 Å². The van der Waals surface area contributed by atoms with E-state index in [4.69, 9.17) is 11.3 Å². The predicted molar refractivity (Wildman–Crippen MR) is 77.7 cm³/mol. The molecule has 0 radical (unpaired) electrons. The molecule has 0 aromatic heterocycles. The van der Waals surface area contributed by atoms with Gasteiger partial charge in [-0.2, -0.15) is 0 Å². The minimum Gasteiger partial charge on any atom is -0.497 e. The van der Waals surface area contributed by atoms with Crippen molar-refractivity contribution in [1.29, 1.82) is 0 Å². The number of hydrogen-bond acceptors (Lipinski definition) is 2. The normalized spacial score (nSPS) is 11.4. The van der Waals surface area contributed by atoms with Gasteiger partial charge in [0.1, 0.15) is 5.75 Å². The number of nitrogens with one attached hydrogen (secondary N) is 1. The van der Waals surface area contributed by atoms with Crippen LogP contribution in [0.1, 0.15) is 18.5 Å². The molecule has 1 unspecified atom stereocenters. The topological polar surface area (TPSA) is 25.6 Å². The van der Waals surface area contributed by atoms with E-state index in [0.29, 0.717) is 5.69 Å². The lowest BCUT2D eigenvalue weighted by Gasteiger charge is -2.16. The van der Waals surface area contributed by atoms with Crippen molar-refractivity contribution in [3.63, 3.8) is 0 Å². The fourth-order valence-corrected chi connectivity index (χ4v) is 1.86. The molecule has 0 aliphatic rings. The largest absolute Gasteiger partial charge is 0.497 e. The maximum absolute atomic E-state index is 6.94. The van der Waals surface area contributed by atoms with Crippen LogP contribution in [0.3, 0.4) is 0 Å². The maximum atomic E-state index is 6.94. The van der Waals surface area contributed by atoms with Gasteiger partial charge in [0.05, 0.1) is 13.7 Å². The van der Waals surface area contributed by atoms with E-state index in [9.17, 15) is 0 Å². The van der Waals surface area contributed by atoms with E-state index in [1.807, 2.05) is 48.5 Å². The average molecular weight is 252 g/mol. The van der Waals surface area contributed by atoms with Crippen LogP contribution in [0, 0.1) is 6.57 Å². The van der Waals surface area contributed by atoms with Crippen molar-refractivity contribution in [2.75, 3.05) is 12.4 Å². The van der Waals surface area contributed by atoms with Crippen LogP contribution in [0.2, 0.25) is 0 Å². The predicted octanol–water partition coefficient (Wildman–Crippen LogP) is 4.42. The summed E-state index contributed by atoms with van der Waals surface area (Å²) in [5, 5.41) is 3.41. The summed E-state index contributed by atoms with van der Waals surface area (Å²) in [4.78, 5) is 3.39. The standard InChI is InChI=1S/C16H16N2O/c1-12(13-4-6-14(17-2)7-5-13)18-15-8-10-16(19-3)11-9-15/h4-12,18H,1,3H3. The van der Waals surface area contributed by atoms with Crippen molar-refractivity contribution >= 4 is 11.4 Å². The molecule has 0 fully saturated rings. The van der Waals surface area contributed by atoms with Crippen LogP contribution < -0.4 is 10.1 Å². The average Bonchev–Trinajstić information content (AvgIpc) is 2.48. The number of benzene rings is 2. The second-order valence-electron chi connectivity index (χ2n) is 4.30. The van der Waals surface area contributed by atoms with Crippen LogP contribution in [-0.4, -0.2) is 7.11 Å². The van der Waals surface area contributed by atoms with Crippen molar-refractivity contribution < 1.29 is 4.74 Å². The molecule has 3 heteroatoms. The third-order valence-corrected chi connectivity index (χ3v) is 3.00. The summed E-state index contributed by atoms with van der Waals surface area (Å²) < 4.78 is 5.13. The molecular formula is C16H16N2O. The van der Waals surface area contributed by atoms with Gasteiger partial charge in [0, 0.05) is 11.7 Å². The Labute approximate surface area is 113 Å². The summed E-state index contributed by atoms with van der Waals surface area (Å²) in [6, 6.07) is 15.7. The van der Waals surface area contributed by atoms with E-state index in [1.54, 1.807) is 7.11 Å². The van der Waals surface area contributed by atoms with Crippen molar-refractivity contribution in [1.82, 2.24) is 0 Å². The summed E-state index contributed by atoms with van der Waals surface area (Å²) in [5.41, 5.74) is 2.87. The van der Waals surface area contributed by atoms with E-state index < -0.39 is 0 Å². The first-order valence-electron chi connectivity index (χ1n) is 6.11. The molecule has 2 aromatic carbocycles. The lowest BCUT2D eigenvalue weighted by Crippen LogP contribution is -2.06. The Morgan fingerprint density at radius 1 is 1.05 bits per heavy atom. The Kier molecular flexibility index (Phi) is 4.04. The second-order valence-corrected chi connectivity index (χ2v) is 4.30. The van der Waals surface area contributed by atoms with Gasteiger partial charge in [0.2, 0.25) is 0 Å². The lowest BCUT2D eigenvalue weighted by molar-refractivity contribution is 0.415. The van der Waals surface area contributed by atoms with E-state index in [-0.39, 0.29) is 6.04 Å². The molecule has 0 saturated carbocycles. The molecule has 1 N–H and O–H groups in total. The second kappa shape index (κ2) is 5.92. The highest BCUT2D eigenvalue weighted by molar-refractivity contribution is 5.50. The van der Waals surface area contributed by atoms with Crippen LogP contribution in [0.15, 0.2) is 48.5 Å².